The largest absolute Gasteiger partial charge is 0.326 e. The van der Waals surface area contributed by atoms with Gasteiger partial charge in [-0.2, -0.15) is 0 Å². The van der Waals surface area contributed by atoms with Gasteiger partial charge in [0, 0.05) is 11.4 Å². The standard InChI is InChI=1S/C12H9BrN2O3S2/c13-10-3-4-12(19-10)20(17,18)15-8-1-2-9-7(5-8)6-11(16)14-9/h1-5,15H,6H2,(H,14,16). The number of carbonyl (C=O) groups is 1. The number of hydrogen-bond acceptors (Lipinski definition) is 4. The molecule has 0 saturated carbocycles. The first-order valence-electron chi connectivity index (χ1n) is 5.65. The molecule has 20 heavy (non-hydrogen) atoms. The third-order valence-electron chi connectivity index (χ3n) is 2.80. The van der Waals surface area contributed by atoms with E-state index in [2.05, 4.69) is 26.0 Å². The number of fused-ring (bicyclic) bond motifs is 1. The molecule has 0 spiro atoms. The summed E-state index contributed by atoms with van der Waals surface area (Å²) in [5.41, 5.74) is 1.98. The average Bonchev–Trinajstić information content (AvgIpc) is 2.93. The molecule has 1 amide bonds. The quantitative estimate of drug-likeness (QED) is 0.869. The van der Waals surface area contributed by atoms with Gasteiger partial charge in [0.2, 0.25) is 5.91 Å². The Morgan fingerprint density at radius 1 is 1.25 bits per heavy atom. The first-order chi connectivity index (χ1) is 9.44. The average molecular weight is 373 g/mol. The Balaban J connectivity index is 1.89. The van der Waals surface area contributed by atoms with Crippen molar-refractivity contribution >= 4 is 54.6 Å². The summed E-state index contributed by atoms with van der Waals surface area (Å²) in [4.78, 5) is 11.3. The van der Waals surface area contributed by atoms with E-state index in [-0.39, 0.29) is 16.5 Å². The molecule has 1 aliphatic heterocycles. The minimum atomic E-state index is -3.59. The normalized spacial score (nSPS) is 13.9. The number of thiophene rings is 1. The lowest BCUT2D eigenvalue weighted by Gasteiger charge is -2.07. The summed E-state index contributed by atoms with van der Waals surface area (Å²) >= 11 is 4.38. The number of benzene rings is 1. The van der Waals surface area contributed by atoms with Crippen LogP contribution in [0.15, 0.2) is 38.3 Å². The Morgan fingerprint density at radius 3 is 2.75 bits per heavy atom. The van der Waals surface area contributed by atoms with Crippen molar-refractivity contribution in [2.45, 2.75) is 10.6 Å². The molecule has 5 nitrogen and oxygen atoms in total. The molecular weight excluding hydrogens is 364 g/mol. The zero-order valence-corrected chi connectivity index (χ0v) is 13.2. The number of hydrogen-bond donors (Lipinski definition) is 2. The number of nitrogens with one attached hydrogen (secondary N) is 2. The van der Waals surface area contributed by atoms with Crippen molar-refractivity contribution in [2.24, 2.45) is 0 Å². The summed E-state index contributed by atoms with van der Waals surface area (Å²) in [6, 6.07) is 8.22. The molecule has 104 valence electrons. The van der Waals surface area contributed by atoms with Gasteiger partial charge in [-0.15, -0.1) is 11.3 Å². The van der Waals surface area contributed by atoms with Gasteiger partial charge in [0.05, 0.1) is 10.2 Å². The van der Waals surface area contributed by atoms with E-state index in [0.29, 0.717) is 5.69 Å². The predicted molar refractivity (Wildman–Crippen MR) is 81.6 cm³/mol. The topological polar surface area (TPSA) is 75.3 Å². The smallest absolute Gasteiger partial charge is 0.271 e. The molecule has 2 aromatic rings. The van der Waals surface area contributed by atoms with Crippen LogP contribution in [0.5, 0.6) is 0 Å². The Morgan fingerprint density at radius 2 is 2.05 bits per heavy atom. The zero-order valence-electron chi connectivity index (χ0n) is 10.0. The van der Waals surface area contributed by atoms with Crippen molar-refractivity contribution in [1.29, 1.82) is 0 Å². The molecule has 0 radical (unpaired) electrons. The van der Waals surface area contributed by atoms with Gasteiger partial charge in [0.15, 0.2) is 0 Å². The second-order valence-corrected chi connectivity index (χ2v) is 8.63. The van der Waals surface area contributed by atoms with Crippen LogP contribution in [0.2, 0.25) is 0 Å². The van der Waals surface area contributed by atoms with Crippen LogP contribution in [-0.4, -0.2) is 14.3 Å². The van der Waals surface area contributed by atoms with E-state index in [1.165, 1.54) is 6.07 Å². The third kappa shape index (κ3) is 2.58. The summed E-state index contributed by atoms with van der Waals surface area (Å²) < 4.78 is 27.9. The monoisotopic (exact) mass is 372 g/mol. The van der Waals surface area contributed by atoms with Crippen LogP contribution in [0, 0.1) is 0 Å². The molecular formula is C12H9BrN2O3S2. The number of anilines is 2. The van der Waals surface area contributed by atoms with Gasteiger partial charge >= 0.3 is 0 Å². The van der Waals surface area contributed by atoms with Crippen LogP contribution in [0.25, 0.3) is 0 Å². The summed E-state index contributed by atoms with van der Waals surface area (Å²) in [5.74, 6) is -0.0813. The molecule has 1 aliphatic rings. The number of rotatable bonds is 3. The molecule has 0 saturated heterocycles. The Kier molecular flexibility index (Phi) is 3.31. The van der Waals surface area contributed by atoms with E-state index in [0.717, 1.165) is 26.4 Å². The van der Waals surface area contributed by atoms with Gasteiger partial charge in [0.1, 0.15) is 4.21 Å². The summed E-state index contributed by atoms with van der Waals surface area (Å²) in [6.45, 7) is 0. The molecule has 2 N–H and O–H groups in total. The van der Waals surface area contributed by atoms with Crippen molar-refractivity contribution in [2.75, 3.05) is 10.0 Å². The highest BCUT2D eigenvalue weighted by Gasteiger charge is 2.20. The summed E-state index contributed by atoms with van der Waals surface area (Å²) in [6.07, 6.45) is 0.273. The fraction of sp³-hybridized carbons (Fsp3) is 0.0833. The van der Waals surface area contributed by atoms with Gasteiger partial charge in [-0.05, 0) is 51.8 Å². The van der Waals surface area contributed by atoms with E-state index < -0.39 is 10.0 Å². The Bertz CT molecular complexity index is 799. The molecule has 0 aliphatic carbocycles. The van der Waals surface area contributed by atoms with Crippen molar-refractivity contribution in [3.05, 3.63) is 39.7 Å². The van der Waals surface area contributed by atoms with E-state index in [1.807, 2.05) is 0 Å². The molecule has 2 heterocycles. The Labute approximate surface area is 128 Å². The van der Waals surface area contributed by atoms with E-state index in [9.17, 15) is 13.2 Å². The first kappa shape index (κ1) is 13.6. The van der Waals surface area contributed by atoms with E-state index in [4.69, 9.17) is 0 Å². The SMILES string of the molecule is O=C1Cc2cc(NS(=O)(=O)c3ccc(Br)s3)ccc2N1. The lowest BCUT2D eigenvalue weighted by molar-refractivity contribution is -0.115. The third-order valence-corrected chi connectivity index (χ3v) is 6.29. The van der Waals surface area contributed by atoms with Crippen LogP contribution < -0.4 is 10.0 Å². The van der Waals surface area contributed by atoms with Gasteiger partial charge in [-0.25, -0.2) is 8.42 Å². The highest BCUT2D eigenvalue weighted by molar-refractivity contribution is 9.11. The highest BCUT2D eigenvalue weighted by atomic mass is 79.9. The maximum Gasteiger partial charge on any atom is 0.271 e. The van der Waals surface area contributed by atoms with Crippen LogP contribution in [-0.2, 0) is 21.2 Å². The fourth-order valence-electron chi connectivity index (χ4n) is 1.94. The van der Waals surface area contributed by atoms with Crippen LogP contribution in [0.1, 0.15) is 5.56 Å². The van der Waals surface area contributed by atoms with Gasteiger partial charge in [0.25, 0.3) is 10.0 Å². The van der Waals surface area contributed by atoms with Gasteiger partial charge in [-0.1, -0.05) is 0 Å². The van der Waals surface area contributed by atoms with Crippen LogP contribution in [0.3, 0.4) is 0 Å². The van der Waals surface area contributed by atoms with Crippen molar-refractivity contribution in [3.8, 4) is 0 Å². The van der Waals surface area contributed by atoms with Gasteiger partial charge < -0.3 is 5.32 Å². The number of amides is 1. The van der Waals surface area contributed by atoms with Crippen LogP contribution >= 0.6 is 27.3 Å². The minimum Gasteiger partial charge on any atom is -0.326 e. The molecule has 0 fully saturated rings. The molecule has 1 aromatic carbocycles. The molecule has 0 unspecified atom stereocenters. The lowest BCUT2D eigenvalue weighted by atomic mass is 10.1. The molecule has 3 rings (SSSR count). The fourth-order valence-corrected chi connectivity index (χ4v) is 5.00. The second kappa shape index (κ2) is 4.87. The number of halogens is 1. The van der Waals surface area contributed by atoms with Crippen molar-refractivity contribution in [3.63, 3.8) is 0 Å². The zero-order chi connectivity index (χ0) is 14.3. The second-order valence-electron chi connectivity index (χ2n) is 4.26. The van der Waals surface area contributed by atoms with E-state index >= 15 is 0 Å². The first-order valence-corrected chi connectivity index (χ1v) is 8.74. The number of sulfonamides is 1. The summed E-state index contributed by atoms with van der Waals surface area (Å²) in [7, 11) is -3.59. The number of carbonyl (C=O) groups excluding carboxylic acids is 1. The van der Waals surface area contributed by atoms with E-state index in [1.54, 1.807) is 24.3 Å². The molecule has 0 bridgehead atoms. The van der Waals surface area contributed by atoms with Gasteiger partial charge in [-0.3, -0.25) is 9.52 Å². The minimum absolute atomic E-state index is 0.0813. The highest BCUT2D eigenvalue weighted by Crippen LogP contribution is 2.30. The Hall–Kier alpha value is -1.38. The molecule has 1 aromatic heterocycles. The maximum atomic E-state index is 12.2. The van der Waals surface area contributed by atoms with Crippen LogP contribution in [0.4, 0.5) is 11.4 Å². The predicted octanol–water partition coefficient (Wildman–Crippen LogP) is 2.81. The summed E-state index contributed by atoms with van der Waals surface area (Å²) in [5, 5.41) is 2.70. The van der Waals surface area contributed by atoms with Crippen molar-refractivity contribution < 1.29 is 13.2 Å². The lowest BCUT2D eigenvalue weighted by Crippen LogP contribution is -2.11. The maximum absolute atomic E-state index is 12.2. The molecule has 0 atom stereocenters. The van der Waals surface area contributed by atoms with Crippen molar-refractivity contribution in [1.82, 2.24) is 0 Å². The molecule has 8 heteroatoms.